The maximum absolute atomic E-state index is 13.2. The number of H-pyrrole nitrogens is 1. The summed E-state index contributed by atoms with van der Waals surface area (Å²) in [6.07, 6.45) is 1.46. The number of nitrogens with one attached hydrogen (secondary N) is 2. The number of ether oxygens (including phenoxy) is 2. The maximum Gasteiger partial charge on any atom is 0.343 e. The second kappa shape index (κ2) is 11.7. The van der Waals surface area contributed by atoms with E-state index in [4.69, 9.17) is 32.7 Å². The molecule has 9 heteroatoms. The van der Waals surface area contributed by atoms with Crippen LogP contribution in [-0.4, -0.2) is 30.2 Å². The normalized spacial score (nSPS) is 11.1. The van der Waals surface area contributed by atoms with Gasteiger partial charge in [-0.15, -0.1) is 0 Å². The van der Waals surface area contributed by atoms with Gasteiger partial charge < -0.3 is 14.5 Å². The molecule has 0 radical (unpaired) electrons. The molecule has 0 bridgehead atoms. The second-order valence-corrected chi connectivity index (χ2v) is 9.76. The Kier molecular flexibility index (Phi) is 7.86. The first-order valence-corrected chi connectivity index (χ1v) is 13.0. The van der Waals surface area contributed by atoms with E-state index in [0.717, 1.165) is 16.5 Å². The molecule has 0 aliphatic heterocycles. The largest absolute Gasteiger partial charge is 0.493 e. The number of esters is 1. The van der Waals surface area contributed by atoms with Gasteiger partial charge in [0.2, 0.25) is 0 Å². The minimum absolute atomic E-state index is 0.260. The molecule has 0 aliphatic carbocycles. The van der Waals surface area contributed by atoms with Crippen LogP contribution in [0.25, 0.3) is 22.0 Å². The Morgan fingerprint density at radius 1 is 0.925 bits per heavy atom. The van der Waals surface area contributed by atoms with Gasteiger partial charge in [-0.1, -0.05) is 71.2 Å². The molecular weight excluding hydrogens is 549 g/mol. The van der Waals surface area contributed by atoms with Crippen LogP contribution in [0, 0.1) is 6.92 Å². The average molecular weight is 572 g/mol. The van der Waals surface area contributed by atoms with Gasteiger partial charge in [0.15, 0.2) is 11.5 Å². The monoisotopic (exact) mass is 571 g/mol. The molecule has 0 saturated heterocycles. The second-order valence-electron chi connectivity index (χ2n) is 8.92. The van der Waals surface area contributed by atoms with Gasteiger partial charge in [0.1, 0.15) is 5.69 Å². The summed E-state index contributed by atoms with van der Waals surface area (Å²) in [4.78, 5) is 28.9. The predicted molar refractivity (Wildman–Crippen MR) is 158 cm³/mol. The van der Waals surface area contributed by atoms with Crippen LogP contribution in [0.2, 0.25) is 10.0 Å². The summed E-state index contributed by atoms with van der Waals surface area (Å²) in [5.41, 5.74) is 7.01. The van der Waals surface area contributed by atoms with Gasteiger partial charge in [-0.2, -0.15) is 5.10 Å². The number of methoxy groups -OCH3 is 1. The molecule has 5 aromatic rings. The quantitative estimate of drug-likeness (QED) is 0.0918. The number of fused-ring (bicyclic) bond motifs is 1. The molecule has 1 amide bonds. The third kappa shape index (κ3) is 5.71. The molecular formula is C31H23Cl2N3O4. The third-order valence-corrected chi connectivity index (χ3v) is 6.69. The zero-order valence-electron chi connectivity index (χ0n) is 21.5. The average Bonchev–Trinajstić information content (AvgIpc) is 3.34. The van der Waals surface area contributed by atoms with Crippen LogP contribution in [0.15, 0.2) is 90.0 Å². The molecule has 0 atom stereocenters. The molecule has 2 N–H and O–H groups in total. The van der Waals surface area contributed by atoms with Gasteiger partial charge in [0, 0.05) is 16.0 Å². The summed E-state index contributed by atoms with van der Waals surface area (Å²) in [6.45, 7) is 1.94. The molecule has 1 heterocycles. The van der Waals surface area contributed by atoms with Crippen molar-refractivity contribution < 1.29 is 19.1 Å². The Morgan fingerprint density at radius 3 is 2.40 bits per heavy atom. The van der Waals surface area contributed by atoms with Crippen LogP contribution in [0.1, 0.15) is 32.0 Å². The number of aryl methyl sites for hydroxylation is 1. The summed E-state index contributed by atoms with van der Waals surface area (Å²) >= 11 is 12.7. The van der Waals surface area contributed by atoms with Gasteiger partial charge in [0.05, 0.1) is 29.4 Å². The molecule has 200 valence electrons. The van der Waals surface area contributed by atoms with Crippen LogP contribution in [0.3, 0.4) is 0 Å². The lowest BCUT2D eigenvalue weighted by molar-refractivity contribution is 0.0729. The van der Waals surface area contributed by atoms with E-state index in [-0.39, 0.29) is 5.75 Å². The number of hydrogen-bond acceptors (Lipinski definition) is 5. The van der Waals surface area contributed by atoms with Crippen molar-refractivity contribution in [2.24, 2.45) is 5.10 Å². The lowest BCUT2D eigenvalue weighted by atomic mass is 10.0. The van der Waals surface area contributed by atoms with Crippen molar-refractivity contribution >= 4 is 52.2 Å². The van der Waals surface area contributed by atoms with Crippen molar-refractivity contribution in [2.75, 3.05) is 7.11 Å². The van der Waals surface area contributed by atoms with Crippen LogP contribution < -0.4 is 14.9 Å². The molecule has 5 rings (SSSR count). The first-order valence-electron chi connectivity index (χ1n) is 12.2. The highest BCUT2D eigenvalue weighted by molar-refractivity contribution is 6.39. The smallest absolute Gasteiger partial charge is 0.343 e. The minimum atomic E-state index is -0.499. The van der Waals surface area contributed by atoms with E-state index >= 15 is 0 Å². The highest BCUT2D eigenvalue weighted by Crippen LogP contribution is 2.37. The fraction of sp³-hybridized carbons (Fsp3) is 0.0645. The van der Waals surface area contributed by atoms with Crippen molar-refractivity contribution in [3.05, 3.63) is 117 Å². The number of benzene rings is 4. The fourth-order valence-corrected chi connectivity index (χ4v) is 4.75. The van der Waals surface area contributed by atoms with Crippen LogP contribution >= 0.6 is 23.2 Å². The molecule has 0 aliphatic rings. The van der Waals surface area contributed by atoms with Crippen molar-refractivity contribution in [3.63, 3.8) is 0 Å². The molecule has 0 fully saturated rings. The third-order valence-electron chi connectivity index (χ3n) is 6.17. The summed E-state index contributed by atoms with van der Waals surface area (Å²) < 4.78 is 10.9. The Labute approximate surface area is 240 Å². The zero-order chi connectivity index (χ0) is 28.2. The number of carbonyl (C=O) groups is 2. The summed E-state index contributed by atoms with van der Waals surface area (Å²) in [6, 6.07) is 24.9. The van der Waals surface area contributed by atoms with E-state index in [1.54, 1.807) is 42.5 Å². The van der Waals surface area contributed by atoms with E-state index in [2.05, 4.69) is 15.5 Å². The number of hydrazone groups is 1. The zero-order valence-corrected chi connectivity index (χ0v) is 23.0. The van der Waals surface area contributed by atoms with E-state index in [9.17, 15) is 9.59 Å². The highest BCUT2D eigenvalue weighted by atomic mass is 35.5. The lowest BCUT2D eigenvalue weighted by Crippen LogP contribution is -2.18. The topological polar surface area (TPSA) is 92.8 Å². The van der Waals surface area contributed by atoms with Crippen molar-refractivity contribution in [1.29, 1.82) is 0 Å². The Balaban J connectivity index is 1.36. The minimum Gasteiger partial charge on any atom is -0.493 e. The predicted octanol–water partition coefficient (Wildman–Crippen LogP) is 7.44. The van der Waals surface area contributed by atoms with Crippen molar-refractivity contribution in [2.45, 2.75) is 6.92 Å². The molecule has 0 unspecified atom stereocenters. The van der Waals surface area contributed by atoms with Crippen LogP contribution in [-0.2, 0) is 0 Å². The summed E-state index contributed by atoms with van der Waals surface area (Å²) in [5.74, 6) is -0.366. The number of hydrogen-bond donors (Lipinski definition) is 2. The molecule has 4 aromatic carbocycles. The van der Waals surface area contributed by atoms with Gasteiger partial charge in [-0.3, -0.25) is 4.79 Å². The number of aromatic amines is 1. The molecule has 7 nitrogen and oxygen atoms in total. The Morgan fingerprint density at radius 2 is 1.68 bits per heavy atom. The van der Waals surface area contributed by atoms with Crippen molar-refractivity contribution in [3.8, 4) is 22.6 Å². The number of halogens is 2. The molecule has 0 spiro atoms. The van der Waals surface area contributed by atoms with E-state index in [0.29, 0.717) is 43.7 Å². The maximum atomic E-state index is 13.2. The standard InChI is InChI=1S/C31H23Cl2N3O4/c1-18-8-11-21(12-9-18)31(38)40-25-13-10-19(14-26(25)39-2)17-34-36-30(37)29-27(20-6-4-3-5-7-20)23-15-22(32)16-24(33)28(23)35-29/h3-17,35H,1-2H3,(H,36,37). The number of aromatic nitrogens is 1. The molecule has 1 aromatic heterocycles. The van der Waals surface area contributed by atoms with Gasteiger partial charge in [0.25, 0.3) is 5.91 Å². The number of carbonyl (C=O) groups excluding carboxylic acids is 2. The van der Waals surface area contributed by atoms with Crippen LogP contribution in [0.4, 0.5) is 0 Å². The number of amides is 1. The SMILES string of the molecule is COc1cc(C=NNC(=O)c2[nH]c3c(Cl)cc(Cl)cc3c2-c2ccccc2)ccc1OC(=O)c1ccc(C)cc1. The molecule has 40 heavy (non-hydrogen) atoms. The number of nitrogens with zero attached hydrogens (tertiary/aromatic N) is 1. The van der Waals surface area contributed by atoms with Crippen molar-refractivity contribution in [1.82, 2.24) is 10.4 Å². The first-order chi connectivity index (χ1) is 19.3. The van der Waals surface area contributed by atoms with Gasteiger partial charge >= 0.3 is 5.97 Å². The molecule has 0 saturated carbocycles. The van der Waals surface area contributed by atoms with E-state index in [1.165, 1.54) is 13.3 Å². The summed E-state index contributed by atoms with van der Waals surface area (Å²) in [7, 11) is 1.47. The van der Waals surface area contributed by atoms with E-state index < -0.39 is 11.9 Å². The Bertz CT molecular complexity index is 1750. The lowest BCUT2D eigenvalue weighted by Gasteiger charge is -2.10. The Hall–Kier alpha value is -4.59. The van der Waals surface area contributed by atoms with Crippen LogP contribution in [0.5, 0.6) is 11.5 Å². The highest BCUT2D eigenvalue weighted by Gasteiger charge is 2.21. The fourth-order valence-electron chi connectivity index (χ4n) is 4.21. The summed E-state index contributed by atoms with van der Waals surface area (Å²) in [5, 5.41) is 5.70. The van der Waals surface area contributed by atoms with E-state index in [1.807, 2.05) is 49.4 Å². The van der Waals surface area contributed by atoms with Gasteiger partial charge in [-0.05, 0) is 60.5 Å². The first kappa shape index (κ1) is 27.0. The van der Waals surface area contributed by atoms with Gasteiger partial charge in [-0.25, -0.2) is 10.2 Å². The number of rotatable bonds is 7.